The summed E-state index contributed by atoms with van der Waals surface area (Å²) in [5.41, 5.74) is 2.54. The minimum absolute atomic E-state index is 0.237. The lowest BCUT2D eigenvalue weighted by molar-refractivity contribution is 0.0750. The maximum Gasteiger partial charge on any atom is 0.410 e. The Morgan fingerprint density at radius 2 is 2.00 bits per heavy atom. The minimum Gasteiger partial charge on any atom is -0.497 e. The number of rotatable bonds is 7. The van der Waals surface area contributed by atoms with Crippen molar-refractivity contribution in [1.29, 1.82) is 0 Å². The molecule has 2 aromatic carbocycles. The van der Waals surface area contributed by atoms with Crippen molar-refractivity contribution in [3.8, 4) is 11.5 Å². The molecule has 6 nitrogen and oxygen atoms in total. The van der Waals surface area contributed by atoms with Crippen molar-refractivity contribution in [2.24, 2.45) is 5.92 Å². The fourth-order valence-corrected chi connectivity index (χ4v) is 4.31. The minimum atomic E-state index is -0.251. The van der Waals surface area contributed by atoms with Crippen LogP contribution in [-0.2, 0) is 11.3 Å². The highest BCUT2D eigenvalue weighted by Crippen LogP contribution is 2.26. The molecule has 1 fully saturated rings. The number of fused-ring (bicyclic) bond motifs is 1. The van der Waals surface area contributed by atoms with E-state index in [1.54, 1.807) is 12.6 Å². The maximum atomic E-state index is 12.3. The molecule has 0 N–H and O–H groups in total. The van der Waals surface area contributed by atoms with Crippen LogP contribution in [0, 0.1) is 5.92 Å². The molecule has 1 unspecified atom stereocenters. The zero-order chi connectivity index (χ0) is 20.8. The number of amides is 1. The van der Waals surface area contributed by atoms with Gasteiger partial charge in [-0.3, -0.25) is 0 Å². The number of piperidine rings is 1. The number of nitrogens with zero attached hydrogens (tertiary/aromatic N) is 2. The van der Waals surface area contributed by atoms with Gasteiger partial charge in [0, 0.05) is 18.5 Å². The number of aromatic nitrogens is 1. The highest BCUT2D eigenvalue weighted by molar-refractivity contribution is 7.07. The van der Waals surface area contributed by atoms with Gasteiger partial charge in [0.25, 0.3) is 0 Å². The van der Waals surface area contributed by atoms with Gasteiger partial charge in [-0.05, 0) is 60.2 Å². The van der Waals surface area contributed by atoms with Gasteiger partial charge < -0.3 is 19.1 Å². The van der Waals surface area contributed by atoms with Crippen LogP contribution in [0.4, 0.5) is 4.79 Å². The van der Waals surface area contributed by atoms with E-state index in [0.29, 0.717) is 12.5 Å². The van der Waals surface area contributed by atoms with Gasteiger partial charge in [0.1, 0.15) is 18.1 Å². The van der Waals surface area contributed by atoms with Gasteiger partial charge >= 0.3 is 6.09 Å². The Morgan fingerprint density at radius 1 is 1.20 bits per heavy atom. The first-order valence-corrected chi connectivity index (χ1v) is 11.1. The lowest BCUT2D eigenvalue weighted by atomic mass is 9.95. The predicted octanol–water partition coefficient (Wildman–Crippen LogP) is 5.12. The summed E-state index contributed by atoms with van der Waals surface area (Å²) in [5, 5.41) is 4.15. The van der Waals surface area contributed by atoms with E-state index < -0.39 is 0 Å². The lowest BCUT2D eigenvalue weighted by Crippen LogP contribution is -2.40. The topological polar surface area (TPSA) is 60.9 Å². The Balaban J connectivity index is 1.24. The average Bonchev–Trinajstić information content (AvgIpc) is 3.31. The van der Waals surface area contributed by atoms with Crippen molar-refractivity contribution in [1.82, 2.24) is 9.88 Å². The van der Waals surface area contributed by atoms with Crippen molar-refractivity contribution in [2.75, 3.05) is 26.8 Å². The molecule has 1 aliphatic rings. The molecule has 158 valence electrons. The van der Waals surface area contributed by atoms with Crippen LogP contribution in [0.1, 0.15) is 25.0 Å². The fraction of sp³-hybridized carbons (Fsp3) is 0.391. The summed E-state index contributed by atoms with van der Waals surface area (Å²) in [7, 11) is 1.67. The van der Waals surface area contributed by atoms with Gasteiger partial charge in [-0.15, -0.1) is 11.3 Å². The lowest BCUT2D eigenvalue weighted by Gasteiger charge is -2.32. The standard InChI is InChI=1S/C23H26N2O4S/c1-27-21-6-4-19-12-22(7-5-18(19)11-21)28-10-8-17-3-2-9-25(13-17)23(26)29-14-20-15-30-16-24-20/h4-7,11-12,15-17H,2-3,8-10,13-14H2,1H3. The van der Waals surface area contributed by atoms with Crippen molar-refractivity contribution in [3.63, 3.8) is 0 Å². The van der Waals surface area contributed by atoms with Crippen LogP contribution < -0.4 is 9.47 Å². The molecular weight excluding hydrogens is 400 g/mol. The third kappa shape index (κ3) is 5.21. The van der Waals surface area contributed by atoms with Crippen LogP contribution in [-0.4, -0.2) is 42.8 Å². The van der Waals surface area contributed by atoms with E-state index in [1.807, 2.05) is 40.6 Å². The second kappa shape index (κ2) is 9.80. The van der Waals surface area contributed by atoms with Gasteiger partial charge in [0.05, 0.1) is 24.9 Å². The van der Waals surface area contributed by atoms with Crippen molar-refractivity contribution < 1.29 is 19.0 Å². The molecule has 1 atom stereocenters. The first-order chi connectivity index (χ1) is 14.7. The number of likely N-dealkylation sites (tertiary alicyclic amines) is 1. The van der Waals surface area contributed by atoms with Gasteiger partial charge in [-0.25, -0.2) is 9.78 Å². The number of methoxy groups -OCH3 is 1. The van der Waals surface area contributed by atoms with Crippen molar-refractivity contribution >= 4 is 28.2 Å². The SMILES string of the molecule is COc1ccc2cc(OCCC3CCCN(C(=O)OCc4cscn4)C3)ccc2c1. The predicted molar refractivity (Wildman–Crippen MR) is 117 cm³/mol. The maximum absolute atomic E-state index is 12.3. The van der Waals surface area contributed by atoms with E-state index in [1.165, 1.54) is 11.3 Å². The molecule has 7 heteroatoms. The molecule has 1 amide bonds. The highest BCUT2D eigenvalue weighted by atomic mass is 32.1. The fourth-order valence-electron chi connectivity index (χ4n) is 3.76. The average molecular weight is 427 g/mol. The highest BCUT2D eigenvalue weighted by Gasteiger charge is 2.24. The van der Waals surface area contributed by atoms with Crippen molar-refractivity contribution in [3.05, 3.63) is 53.0 Å². The van der Waals surface area contributed by atoms with E-state index >= 15 is 0 Å². The quantitative estimate of drug-likeness (QED) is 0.525. The number of ether oxygens (including phenoxy) is 3. The van der Waals surface area contributed by atoms with Crippen LogP contribution in [0.15, 0.2) is 47.3 Å². The molecule has 1 saturated heterocycles. The van der Waals surface area contributed by atoms with Crippen LogP contribution in [0.3, 0.4) is 0 Å². The van der Waals surface area contributed by atoms with Gasteiger partial charge in [0.15, 0.2) is 0 Å². The van der Waals surface area contributed by atoms with Gasteiger partial charge in [0.2, 0.25) is 0 Å². The third-order valence-electron chi connectivity index (χ3n) is 5.42. The van der Waals surface area contributed by atoms with Gasteiger partial charge in [-0.2, -0.15) is 0 Å². The number of hydrogen-bond acceptors (Lipinski definition) is 6. The molecule has 0 aliphatic carbocycles. The molecule has 0 bridgehead atoms. The summed E-state index contributed by atoms with van der Waals surface area (Å²) >= 11 is 1.50. The molecule has 0 saturated carbocycles. The van der Waals surface area contributed by atoms with Crippen LogP contribution in [0.25, 0.3) is 10.8 Å². The van der Waals surface area contributed by atoms with Crippen molar-refractivity contribution in [2.45, 2.75) is 25.9 Å². The largest absolute Gasteiger partial charge is 0.497 e. The molecule has 1 aliphatic heterocycles. The zero-order valence-electron chi connectivity index (χ0n) is 17.1. The van der Waals surface area contributed by atoms with Crippen LogP contribution >= 0.6 is 11.3 Å². The van der Waals surface area contributed by atoms with E-state index in [4.69, 9.17) is 14.2 Å². The van der Waals surface area contributed by atoms with E-state index in [9.17, 15) is 4.79 Å². The number of hydrogen-bond donors (Lipinski definition) is 0. The summed E-state index contributed by atoms with van der Waals surface area (Å²) < 4.78 is 16.7. The number of carbonyl (C=O) groups is 1. The van der Waals surface area contributed by atoms with Gasteiger partial charge in [-0.1, -0.05) is 12.1 Å². The van der Waals surface area contributed by atoms with E-state index in [-0.39, 0.29) is 12.7 Å². The molecule has 1 aromatic heterocycles. The molecule has 2 heterocycles. The Bertz CT molecular complexity index is 977. The van der Waals surface area contributed by atoms with E-state index in [0.717, 1.165) is 60.3 Å². The second-order valence-electron chi connectivity index (χ2n) is 7.50. The summed E-state index contributed by atoms with van der Waals surface area (Å²) in [6, 6.07) is 12.1. The summed E-state index contributed by atoms with van der Waals surface area (Å²) in [6.07, 6.45) is 2.76. The summed E-state index contributed by atoms with van der Waals surface area (Å²) in [4.78, 5) is 18.3. The summed E-state index contributed by atoms with van der Waals surface area (Å²) in [5.74, 6) is 2.14. The Kier molecular flexibility index (Phi) is 6.69. The number of carbonyl (C=O) groups excluding carboxylic acids is 1. The second-order valence-corrected chi connectivity index (χ2v) is 8.22. The van der Waals surface area contributed by atoms with Crippen LogP contribution in [0.5, 0.6) is 11.5 Å². The molecule has 3 aromatic rings. The number of benzene rings is 2. The van der Waals surface area contributed by atoms with E-state index in [2.05, 4.69) is 11.1 Å². The Labute approximate surface area is 180 Å². The Hall–Kier alpha value is -2.80. The normalized spacial score (nSPS) is 16.4. The molecular formula is C23H26N2O4S. The molecule has 4 rings (SSSR count). The smallest absolute Gasteiger partial charge is 0.410 e. The zero-order valence-corrected chi connectivity index (χ0v) is 17.9. The number of thiazole rings is 1. The molecule has 0 spiro atoms. The first-order valence-electron chi connectivity index (χ1n) is 10.2. The Morgan fingerprint density at radius 3 is 2.77 bits per heavy atom. The summed E-state index contributed by atoms with van der Waals surface area (Å²) in [6.45, 7) is 2.34. The third-order valence-corrected chi connectivity index (χ3v) is 6.05. The molecule has 0 radical (unpaired) electrons. The van der Waals surface area contributed by atoms with Crippen LogP contribution in [0.2, 0.25) is 0 Å². The monoisotopic (exact) mass is 426 g/mol. The first kappa shape index (κ1) is 20.5. The molecule has 30 heavy (non-hydrogen) atoms.